The zero-order chi connectivity index (χ0) is 13.8. The van der Waals surface area contributed by atoms with Crippen molar-refractivity contribution in [1.82, 2.24) is 5.32 Å². The number of rotatable bonds is 12. The molecule has 0 spiro atoms. The summed E-state index contributed by atoms with van der Waals surface area (Å²) in [6, 6.07) is 0. The molecule has 1 nitrogen and oxygen atoms in total. The maximum absolute atomic E-state index is 3.80. The zero-order valence-electron chi connectivity index (χ0n) is 13.2. The molecule has 0 aliphatic heterocycles. The zero-order valence-corrected chi connectivity index (χ0v) is 13.2. The van der Waals surface area contributed by atoms with Crippen molar-refractivity contribution in [3.8, 4) is 0 Å². The van der Waals surface area contributed by atoms with E-state index >= 15 is 0 Å². The molecule has 108 valence electrons. The van der Waals surface area contributed by atoms with Gasteiger partial charge < -0.3 is 5.32 Å². The number of hydrogen-bond acceptors (Lipinski definition) is 1. The van der Waals surface area contributed by atoms with Crippen molar-refractivity contribution in [2.75, 3.05) is 13.1 Å². The molecule has 0 rings (SSSR count). The summed E-state index contributed by atoms with van der Waals surface area (Å²) in [6.45, 7) is 15.4. The molecule has 0 saturated heterocycles. The van der Waals surface area contributed by atoms with Gasteiger partial charge in [0.15, 0.2) is 0 Å². The second-order valence-electron chi connectivity index (χ2n) is 5.60. The topological polar surface area (TPSA) is 12.0 Å². The monoisotopic (exact) mass is 253 g/mol. The Kier molecular flexibility index (Phi) is 11.6. The van der Waals surface area contributed by atoms with Gasteiger partial charge in [0.1, 0.15) is 0 Å². The van der Waals surface area contributed by atoms with Gasteiger partial charge in [0.2, 0.25) is 0 Å². The minimum absolute atomic E-state index is 0.805. The fraction of sp³-hybridized carbons (Fsp3) is 0.882. The van der Waals surface area contributed by atoms with E-state index < -0.39 is 0 Å². The predicted octanol–water partition coefficient (Wildman–Crippen LogP) is 5.03. The highest BCUT2D eigenvalue weighted by Gasteiger charge is 2.23. The Hall–Kier alpha value is -0.300. The van der Waals surface area contributed by atoms with E-state index in [1.807, 2.05) is 6.08 Å². The van der Waals surface area contributed by atoms with E-state index in [0.717, 1.165) is 24.3 Å². The summed E-state index contributed by atoms with van der Waals surface area (Å²) in [5, 5.41) is 3.50. The second-order valence-corrected chi connectivity index (χ2v) is 5.60. The molecule has 1 heteroatoms. The van der Waals surface area contributed by atoms with Crippen LogP contribution in [0.5, 0.6) is 0 Å². The standard InChI is InChI=1S/C17H35N/c1-6-10-11-12-13-16(7-2)17(8-3)15(5)14-18-9-4/h6,15-18H,1,7-14H2,2-5H3. The van der Waals surface area contributed by atoms with E-state index in [0.29, 0.717) is 0 Å². The van der Waals surface area contributed by atoms with E-state index in [-0.39, 0.29) is 0 Å². The average Bonchev–Trinajstić information content (AvgIpc) is 2.39. The smallest absolute Gasteiger partial charge is 0.00205 e. The highest BCUT2D eigenvalue weighted by molar-refractivity contribution is 4.75. The predicted molar refractivity (Wildman–Crippen MR) is 83.9 cm³/mol. The lowest BCUT2D eigenvalue weighted by molar-refractivity contribution is 0.206. The van der Waals surface area contributed by atoms with Crippen molar-refractivity contribution in [3.05, 3.63) is 12.7 Å². The minimum Gasteiger partial charge on any atom is -0.317 e. The number of unbranched alkanes of at least 4 members (excludes halogenated alkanes) is 2. The molecule has 0 aromatic rings. The van der Waals surface area contributed by atoms with Gasteiger partial charge in [-0.15, -0.1) is 6.58 Å². The first-order valence-electron chi connectivity index (χ1n) is 8.02. The Morgan fingerprint density at radius 1 is 1.11 bits per heavy atom. The fourth-order valence-electron chi connectivity index (χ4n) is 3.14. The van der Waals surface area contributed by atoms with Gasteiger partial charge in [0, 0.05) is 0 Å². The Bertz CT molecular complexity index is 188. The molecule has 3 atom stereocenters. The second kappa shape index (κ2) is 11.8. The third-order valence-electron chi connectivity index (χ3n) is 4.28. The van der Waals surface area contributed by atoms with Gasteiger partial charge in [-0.1, -0.05) is 59.5 Å². The maximum Gasteiger partial charge on any atom is -0.00205 e. The highest BCUT2D eigenvalue weighted by atomic mass is 14.8. The van der Waals surface area contributed by atoms with Crippen LogP contribution in [0.3, 0.4) is 0 Å². The van der Waals surface area contributed by atoms with Gasteiger partial charge >= 0.3 is 0 Å². The van der Waals surface area contributed by atoms with Crippen LogP contribution < -0.4 is 5.32 Å². The Morgan fingerprint density at radius 3 is 2.33 bits per heavy atom. The normalized spacial score (nSPS) is 16.2. The molecule has 0 bridgehead atoms. The van der Waals surface area contributed by atoms with Gasteiger partial charge in [-0.05, 0) is 43.7 Å². The van der Waals surface area contributed by atoms with Crippen LogP contribution in [0.15, 0.2) is 12.7 Å². The average molecular weight is 253 g/mol. The Morgan fingerprint density at radius 2 is 1.83 bits per heavy atom. The Balaban J connectivity index is 4.14. The largest absolute Gasteiger partial charge is 0.317 e. The molecular formula is C17H35N. The van der Waals surface area contributed by atoms with E-state index in [9.17, 15) is 0 Å². The molecule has 0 heterocycles. The molecule has 0 fully saturated rings. The quantitative estimate of drug-likeness (QED) is 0.380. The molecular weight excluding hydrogens is 218 g/mol. The van der Waals surface area contributed by atoms with Crippen molar-refractivity contribution in [3.63, 3.8) is 0 Å². The molecule has 18 heavy (non-hydrogen) atoms. The lowest BCUT2D eigenvalue weighted by Crippen LogP contribution is -2.30. The van der Waals surface area contributed by atoms with E-state index in [2.05, 4.69) is 39.6 Å². The van der Waals surface area contributed by atoms with Gasteiger partial charge in [-0.25, -0.2) is 0 Å². The Labute approximate surface area is 115 Å². The first kappa shape index (κ1) is 17.7. The number of hydrogen-bond donors (Lipinski definition) is 1. The molecule has 0 aromatic heterocycles. The molecule has 0 aliphatic rings. The molecule has 0 amide bonds. The van der Waals surface area contributed by atoms with Crippen molar-refractivity contribution in [2.24, 2.45) is 17.8 Å². The molecule has 0 radical (unpaired) electrons. The molecule has 1 N–H and O–H groups in total. The van der Waals surface area contributed by atoms with Crippen molar-refractivity contribution in [2.45, 2.75) is 66.2 Å². The summed E-state index contributed by atoms with van der Waals surface area (Å²) in [7, 11) is 0. The van der Waals surface area contributed by atoms with Crippen LogP contribution >= 0.6 is 0 Å². The van der Waals surface area contributed by atoms with E-state index in [1.165, 1.54) is 45.1 Å². The van der Waals surface area contributed by atoms with Crippen molar-refractivity contribution >= 4 is 0 Å². The summed E-state index contributed by atoms with van der Waals surface area (Å²) < 4.78 is 0. The summed E-state index contributed by atoms with van der Waals surface area (Å²) >= 11 is 0. The van der Waals surface area contributed by atoms with Crippen LogP contribution in [0.4, 0.5) is 0 Å². The third-order valence-corrected chi connectivity index (χ3v) is 4.28. The number of allylic oxidation sites excluding steroid dienone is 1. The molecule has 0 aliphatic carbocycles. The lowest BCUT2D eigenvalue weighted by Gasteiger charge is -2.31. The summed E-state index contributed by atoms with van der Waals surface area (Å²) in [5.41, 5.74) is 0. The van der Waals surface area contributed by atoms with Crippen molar-refractivity contribution < 1.29 is 0 Å². The van der Waals surface area contributed by atoms with Gasteiger partial charge in [0.25, 0.3) is 0 Å². The maximum atomic E-state index is 3.80. The van der Waals surface area contributed by atoms with Gasteiger partial charge in [0.05, 0.1) is 0 Å². The molecule has 3 unspecified atom stereocenters. The van der Waals surface area contributed by atoms with Crippen LogP contribution in [0.25, 0.3) is 0 Å². The number of nitrogens with one attached hydrogen (secondary N) is 1. The summed E-state index contributed by atoms with van der Waals surface area (Å²) in [4.78, 5) is 0. The molecule has 0 saturated carbocycles. The summed E-state index contributed by atoms with van der Waals surface area (Å²) in [6.07, 6.45) is 9.98. The van der Waals surface area contributed by atoms with Crippen LogP contribution in [0, 0.1) is 17.8 Å². The van der Waals surface area contributed by atoms with Gasteiger partial charge in [-0.3, -0.25) is 0 Å². The van der Waals surface area contributed by atoms with Crippen LogP contribution in [0.2, 0.25) is 0 Å². The SMILES string of the molecule is C=CCCCCC(CC)C(CC)C(C)CNCC. The highest BCUT2D eigenvalue weighted by Crippen LogP contribution is 2.31. The van der Waals surface area contributed by atoms with Gasteiger partial charge in [-0.2, -0.15) is 0 Å². The molecule has 0 aromatic carbocycles. The van der Waals surface area contributed by atoms with Crippen molar-refractivity contribution in [1.29, 1.82) is 0 Å². The van der Waals surface area contributed by atoms with Crippen LogP contribution in [0.1, 0.15) is 66.2 Å². The van der Waals surface area contributed by atoms with E-state index in [4.69, 9.17) is 0 Å². The van der Waals surface area contributed by atoms with Crippen LogP contribution in [-0.2, 0) is 0 Å². The lowest BCUT2D eigenvalue weighted by atomic mass is 9.76. The first-order valence-corrected chi connectivity index (χ1v) is 8.02. The van der Waals surface area contributed by atoms with E-state index in [1.54, 1.807) is 0 Å². The minimum atomic E-state index is 0.805. The van der Waals surface area contributed by atoms with Crippen LogP contribution in [-0.4, -0.2) is 13.1 Å². The fourth-order valence-corrected chi connectivity index (χ4v) is 3.14. The first-order chi connectivity index (χ1) is 8.71. The third kappa shape index (κ3) is 7.20. The summed E-state index contributed by atoms with van der Waals surface area (Å²) in [5.74, 6) is 2.60.